The summed E-state index contributed by atoms with van der Waals surface area (Å²) in [6.07, 6.45) is 10.4. The van der Waals surface area contributed by atoms with Gasteiger partial charge in [0.25, 0.3) is 5.91 Å². The highest BCUT2D eigenvalue weighted by Gasteiger charge is 2.27. The molecule has 29 heavy (non-hydrogen) atoms. The van der Waals surface area contributed by atoms with Gasteiger partial charge in [0.2, 0.25) is 0 Å². The average molecular weight is 388 g/mol. The molecule has 2 atom stereocenters. The molecule has 0 fully saturated rings. The van der Waals surface area contributed by atoms with Crippen molar-refractivity contribution in [2.24, 2.45) is 11.8 Å². The topological polar surface area (TPSA) is 32.3 Å². The van der Waals surface area contributed by atoms with E-state index in [0.29, 0.717) is 18.0 Å². The maximum Gasteiger partial charge on any atom is 0.254 e. The smallest absolute Gasteiger partial charge is 0.254 e. The zero-order valence-corrected chi connectivity index (χ0v) is 16.7. The van der Waals surface area contributed by atoms with Crippen molar-refractivity contribution in [3.63, 3.8) is 0 Å². The normalized spacial score (nSPS) is 20.9. The van der Waals surface area contributed by atoms with Gasteiger partial charge in [-0.2, -0.15) is 0 Å². The van der Waals surface area contributed by atoms with E-state index >= 15 is 0 Å². The van der Waals surface area contributed by atoms with E-state index in [1.807, 2.05) is 43.6 Å². The van der Waals surface area contributed by atoms with Crippen LogP contribution in [-0.4, -0.2) is 17.9 Å². The summed E-state index contributed by atoms with van der Waals surface area (Å²) in [7, 11) is 1.88. The molecule has 4 rings (SSSR count). The molecule has 0 radical (unpaired) electrons. The predicted octanol–water partition coefficient (Wildman–Crippen LogP) is 4.92. The number of nitrogens with zero attached hydrogens (tertiary/aromatic N) is 1. The molecule has 2 aromatic rings. The third-order valence-electron chi connectivity index (χ3n) is 5.69. The lowest BCUT2D eigenvalue weighted by atomic mass is 9.85. The standard InChI is InChI=1S/C25H25FN2O/c1-17-7-8-19(13-18(17)11-12-27-2)20-9-10-22(24(26)14-20)16-28-15-21-5-3-4-6-23(21)25(28)29/h3-14,17-18,27H,15-16H2,1-2H3/b12-11-/t17-,18+/m0/s1. The highest BCUT2D eigenvalue weighted by atomic mass is 19.1. The van der Waals surface area contributed by atoms with Crippen molar-refractivity contribution in [2.45, 2.75) is 20.0 Å². The maximum atomic E-state index is 14.9. The lowest BCUT2D eigenvalue weighted by Gasteiger charge is -2.21. The molecule has 0 saturated carbocycles. The Morgan fingerprint density at radius 1 is 1.24 bits per heavy atom. The first-order valence-electron chi connectivity index (χ1n) is 9.97. The van der Waals surface area contributed by atoms with Gasteiger partial charge in [0.05, 0.1) is 0 Å². The van der Waals surface area contributed by atoms with Crippen molar-refractivity contribution in [1.82, 2.24) is 10.2 Å². The van der Waals surface area contributed by atoms with Crippen molar-refractivity contribution < 1.29 is 9.18 Å². The van der Waals surface area contributed by atoms with Crippen LogP contribution in [0.5, 0.6) is 0 Å². The van der Waals surface area contributed by atoms with Gasteiger partial charge in [-0.25, -0.2) is 4.39 Å². The van der Waals surface area contributed by atoms with Crippen LogP contribution in [0.3, 0.4) is 0 Å². The Balaban J connectivity index is 1.53. The monoisotopic (exact) mass is 388 g/mol. The van der Waals surface area contributed by atoms with Gasteiger partial charge in [-0.1, -0.05) is 61.6 Å². The number of amides is 1. The van der Waals surface area contributed by atoms with Gasteiger partial charge < -0.3 is 10.2 Å². The summed E-state index contributed by atoms with van der Waals surface area (Å²) in [5, 5.41) is 3.03. The molecule has 1 aliphatic carbocycles. The molecule has 0 aromatic heterocycles. The van der Waals surface area contributed by atoms with E-state index in [4.69, 9.17) is 0 Å². The second-order valence-corrected chi connectivity index (χ2v) is 7.69. The molecular formula is C25H25FN2O. The molecule has 1 amide bonds. The molecule has 0 saturated heterocycles. The van der Waals surface area contributed by atoms with Crippen molar-refractivity contribution in [2.75, 3.05) is 7.05 Å². The Morgan fingerprint density at radius 3 is 2.83 bits per heavy atom. The van der Waals surface area contributed by atoms with Crippen LogP contribution in [0, 0.1) is 17.7 Å². The predicted molar refractivity (Wildman–Crippen MR) is 114 cm³/mol. The Morgan fingerprint density at radius 2 is 2.07 bits per heavy atom. The third-order valence-corrected chi connectivity index (χ3v) is 5.69. The lowest BCUT2D eigenvalue weighted by Crippen LogP contribution is -2.23. The maximum absolute atomic E-state index is 14.9. The minimum Gasteiger partial charge on any atom is -0.394 e. The molecule has 3 nitrogen and oxygen atoms in total. The molecule has 1 aliphatic heterocycles. The van der Waals surface area contributed by atoms with E-state index in [2.05, 4.69) is 36.5 Å². The highest BCUT2D eigenvalue weighted by Crippen LogP contribution is 2.31. The molecule has 0 bridgehead atoms. The third kappa shape index (κ3) is 3.88. The zero-order valence-electron chi connectivity index (χ0n) is 16.7. The number of hydrogen-bond acceptors (Lipinski definition) is 2. The van der Waals surface area contributed by atoms with Crippen molar-refractivity contribution in [3.8, 4) is 0 Å². The minimum absolute atomic E-state index is 0.0323. The van der Waals surface area contributed by atoms with Crippen LogP contribution in [0.15, 0.2) is 73.0 Å². The number of nitrogens with one attached hydrogen (secondary N) is 1. The first-order valence-corrected chi connectivity index (χ1v) is 9.97. The summed E-state index contributed by atoms with van der Waals surface area (Å²) in [6, 6.07) is 12.9. The summed E-state index contributed by atoms with van der Waals surface area (Å²) in [5.41, 5.74) is 4.13. The number of halogens is 1. The fourth-order valence-electron chi connectivity index (χ4n) is 3.93. The molecule has 1 heterocycles. The molecule has 2 aliphatic rings. The number of hydrogen-bond donors (Lipinski definition) is 1. The SMILES string of the molecule is CN/C=C\[C@@H]1C=C(c2ccc(CN3Cc4ccccc4C3=O)c(F)c2)C=C[C@@H]1C. The average Bonchev–Trinajstić information content (AvgIpc) is 3.04. The van der Waals surface area contributed by atoms with Crippen LogP contribution in [-0.2, 0) is 13.1 Å². The zero-order chi connectivity index (χ0) is 20.4. The van der Waals surface area contributed by atoms with Gasteiger partial charge in [-0.15, -0.1) is 0 Å². The van der Waals surface area contributed by atoms with Crippen LogP contribution in [0.25, 0.3) is 5.57 Å². The fraction of sp³-hybridized carbons (Fsp3) is 0.240. The minimum atomic E-state index is -0.276. The highest BCUT2D eigenvalue weighted by molar-refractivity contribution is 5.98. The van der Waals surface area contributed by atoms with Gasteiger partial charge in [0.1, 0.15) is 5.82 Å². The van der Waals surface area contributed by atoms with Crippen LogP contribution in [0.4, 0.5) is 4.39 Å². The lowest BCUT2D eigenvalue weighted by molar-refractivity contribution is 0.0765. The number of carbonyl (C=O) groups is 1. The number of allylic oxidation sites excluding steroid dienone is 5. The summed E-state index contributed by atoms with van der Waals surface area (Å²) < 4.78 is 14.9. The number of rotatable bonds is 5. The largest absolute Gasteiger partial charge is 0.394 e. The Kier molecular flexibility index (Phi) is 5.34. The number of carbonyl (C=O) groups excluding carboxylic acids is 1. The summed E-state index contributed by atoms with van der Waals surface area (Å²) in [4.78, 5) is 14.3. The van der Waals surface area contributed by atoms with E-state index in [1.54, 1.807) is 17.0 Å². The summed E-state index contributed by atoms with van der Waals surface area (Å²) in [6.45, 7) is 2.98. The van der Waals surface area contributed by atoms with E-state index in [-0.39, 0.29) is 24.2 Å². The summed E-state index contributed by atoms with van der Waals surface area (Å²) >= 11 is 0. The van der Waals surface area contributed by atoms with Crippen LogP contribution < -0.4 is 5.32 Å². The second-order valence-electron chi connectivity index (χ2n) is 7.69. The Bertz CT molecular complexity index is 1020. The second kappa shape index (κ2) is 8.08. The quantitative estimate of drug-likeness (QED) is 0.788. The van der Waals surface area contributed by atoms with Crippen molar-refractivity contribution in [3.05, 3.63) is 101 Å². The van der Waals surface area contributed by atoms with Crippen LogP contribution in [0.2, 0.25) is 0 Å². The Labute approximate surface area is 171 Å². The van der Waals surface area contributed by atoms with E-state index in [9.17, 15) is 9.18 Å². The molecule has 148 valence electrons. The molecular weight excluding hydrogens is 363 g/mol. The van der Waals surface area contributed by atoms with Crippen LogP contribution in [0.1, 0.15) is 34.0 Å². The van der Waals surface area contributed by atoms with Gasteiger partial charge in [0.15, 0.2) is 0 Å². The van der Waals surface area contributed by atoms with E-state index < -0.39 is 0 Å². The molecule has 1 N–H and O–H groups in total. The van der Waals surface area contributed by atoms with E-state index in [0.717, 1.165) is 22.3 Å². The molecule has 4 heteroatoms. The van der Waals surface area contributed by atoms with Crippen LogP contribution >= 0.6 is 0 Å². The van der Waals surface area contributed by atoms with E-state index in [1.165, 1.54) is 0 Å². The first-order chi connectivity index (χ1) is 14.1. The number of benzene rings is 2. The Hall–Kier alpha value is -3.14. The number of fused-ring (bicyclic) bond motifs is 1. The van der Waals surface area contributed by atoms with Gasteiger partial charge >= 0.3 is 0 Å². The fourth-order valence-corrected chi connectivity index (χ4v) is 3.93. The first kappa shape index (κ1) is 19.2. The van der Waals surface area contributed by atoms with Gasteiger partial charge in [-0.3, -0.25) is 4.79 Å². The molecule has 2 aromatic carbocycles. The van der Waals surface area contributed by atoms with Gasteiger partial charge in [0, 0.05) is 37.2 Å². The van der Waals surface area contributed by atoms with Crippen molar-refractivity contribution in [1.29, 1.82) is 0 Å². The summed E-state index contributed by atoms with van der Waals surface area (Å²) in [5.74, 6) is 0.359. The molecule has 0 unspecified atom stereocenters. The van der Waals surface area contributed by atoms with Gasteiger partial charge in [-0.05, 0) is 41.0 Å². The van der Waals surface area contributed by atoms with Crippen molar-refractivity contribution >= 4 is 11.5 Å². The molecule has 0 spiro atoms.